The highest BCUT2D eigenvalue weighted by Gasteiger charge is 2.34. The van der Waals surface area contributed by atoms with Gasteiger partial charge in [0.15, 0.2) is 16.7 Å². The average Bonchev–Trinajstić information content (AvgIpc) is 3.07. The molecule has 1 aliphatic rings. The molecule has 0 bridgehead atoms. The van der Waals surface area contributed by atoms with Crippen LogP contribution in [0.1, 0.15) is 32.3 Å². The van der Waals surface area contributed by atoms with E-state index in [0.717, 1.165) is 30.2 Å². The van der Waals surface area contributed by atoms with Gasteiger partial charge in [-0.05, 0) is 73.1 Å². The molecule has 2 aromatic carbocycles. The molecule has 1 aliphatic heterocycles. The van der Waals surface area contributed by atoms with Gasteiger partial charge in [0.2, 0.25) is 0 Å². The van der Waals surface area contributed by atoms with Crippen molar-refractivity contribution in [3.63, 3.8) is 0 Å². The molecule has 0 saturated carbocycles. The molecule has 10 heteroatoms. The summed E-state index contributed by atoms with van der Waals surface area (Å²) in [6, 6.07) is 11.1. The Balaban J connectivity index is 1.91. The Morgan fingerprint density at radius 2 is 1.85 bits per heavy atom. The second-order valence-electron chi connectivity index (χ2n) is 7.08. The smallest absolute Gasteiger partial charge is 0.284 e. The number of halogens is 1. The lowest BCUT2D eigenvalue weighted by Gasteiger charge is -2.12. The van der Waals surface area contributed by atoms with Crippen molar-refractivity contribution in [2.75, 3.05) is 20.3 Å². The number of methoxy groups -OCH3 is 1. The van der Waals surface area contributed by atoms with Gasteiger partial charge in [0, 0.05) is 11.6 Å². The van der Waals surface area contributed by atoms with E-state index >= 15 is 0 Å². The minimum absolute atomic E-state index is 0.00459. The van der Waals surface area contributed by atoms with Crippen molar-refractivity contribution >= 4 is 50.5 Å². The number of rotatable bonds is 9. The summed E-state index contributed by atoms with van der Waals surface area (Å²) in [7, 11) is -2.43. The van der Waals surface area contributed by atoms with E-state index in [0.29, 0.717) is 28.0 Å². The van der Waals surface area contributed by atoms with Crippen molar-refractivity contribution in [1.29, 1.82) is 0 Å². The first-order chi connectivity index (χ1) is 15.8. The topological polar surface area (TPSA) is 85.3 Å². The van der Waals surface area contributed by atoms with Crippen molar-refractivity contribution in [1.82, 2.24) is 4.90 Å². The molecular weight excluding hydrogens is 484 g/mol. The van der Waals surface area contributed by atoms with E-state index in [9.17, 15) is 13.2 Å². The number of ether oxygens (including phenoxy) is 2. The first kappa shape index (κ1) is 25.1. The molecule has 33 heavy (non-hydrogen) atoms. The summed E-state index contributed by atoms with van der Waals surface area (Å²) in [6.07, 6.45) is 3.61. The summed E-state index contributed by atoms with van der Waals surface area (Å²) < 4.78 is 40.6. The monoisotopic (exact) mass is 508 g/mol. The number of unbranched alkanes of at least 4 members (excludes halogenated alkanes) is 1. The maximum Gasteiger partial charge on any atom is 0.284 e. The lowest BCUT2D eigenvalue weighted by Crippen LogP contribution is -2.29. The molecule has 3 rings (SSSR count). The lowest BCUT2D eigenvalue weighted by molar-refractivity contribution is -0.122. The zero-order chi connectivity index (χ0) is 24.0. The first-order valence-corrected chi connectivity index (χ1v) is 13.0. The number of hydrogen-bond acceptors (Lipinski definition) is 6. The second-order valence-corrected chi connectivity index (χ2v) is 10.1. The molecule has 0 spiro atoms. The van der Waals surface area contributed by atoms with Crippen LogP contribution < -0.4 is 9.47 Å². The van der Waals surface area contributed by atoms with E-state index in [4.69, 9.17) is 21.1 Å². The van der Waals surface area contributed by atoms with Crippen LogP contribution in [0.4, 0.5) is 0 Å². The third-order valence-electron chi connectivity index (χ3n) is 4.75. The third-order valence-corrected chi connectivity index (χ3v) is 7.41. The van der Waals surface area contributed by atoms with Gasteiger partial charge in [-0.25, -0.2) is 0 Å². The molecule has 1 fully saturated rings. The standard InChI is InChI=1S/C23H25ClN2O5S2/c1-4-6-13-31-20-14-16(7-12-19(20)30-3)15-21-22(27)26(5-2)23(32-21)25-33(28,29)18-10-8-17(24)9-11-18/h7-12,14-15H,4-6,13H2,1-3H3/b21-15-,25-23+. The molecule has 1 heterocycles. The molecule has 1 saturated heterocycles. The van der Waals surface area contributed by atoms with Crippen LogP contribution >= 0.6 is 23.4 Å². The van der Waals surface area contributed by atoms with Gasteiger partial charge in [0.25, 0.3) is 15.9 Å². The van der Waals surface area contributed by atoms with Crippen LogP contribution in [-0.2, 0) is 14.8 Å². The number of likely N-dealkylation sites (N-methyl/N-ethyl adjacent to an activating group) is 1. The van der Waals surface area contributed by atoms with E-state index in [1.165, 1.54) is 29.2 Å². The van der Waals surface area contributed by atoms with Gasteiger partial charge in [-0.15, -0.1) is 4.40 Å². The maximum atomic E-state index is 12.9. The zero-order valence-corrected chi connectivity index (χ0v) is 21.0. The SMILES string of the molecule is CCCCOc1cc(/C=C2\S/C(=N/S(=O)(=O)c3ccc(Cl)cc3)N(CC)C2=O)ccc1OC. The number of carbonyl (C=O) groups is 1. The number of amides is 1. The number of sulfonamides is 1. The highest BCUT2D eigenvalue weighted by molar-refractivity contribution is 8.19. The molecule has 176 valence electrons. The molecule has 0 unspecified atom stereocenters. The van der Waals surface area contributed by atoms with E-state index in [2.05, 4.69) is 11.3 Å². The molecule has 7 nitrogen and oxygen atoms in total. The third kappa shape index (κ3) is 6.10. The number of nitrogens with zero attached hydrogens (tertiary/aromatic N) is 2. The fourth-order valence-electron chi connectivity index (χ4n) is 2.99. The second kappa shape index (κ2) is 11.1. The van der Waals surface area contributed by atoms with E-state index in [-0.39, 0.29) is 22.5 Å². The molecule has 0 atom stereocenters. The van der Waals surface area contributed by atoms with Gasteiger partial charge in [-0.2, -0.15) is 8.42 Å². The molecule has 0 aliphatic carbocycles. The largest absolute Gasteiger partial charge is 0.493 e. The molecular formula is C23H25ClN2O5S2. The molecule has 0 aromatic heterocycles. The normalized spacial score (nSPS) is 16.6. The van der Waals surface area contributed by atoms with Gasteiger partial charge < -0.3 is 9.47 Å². The fraction of sp³-hybridized carbons (Fsp3) is 0.304. The number of carbonyl (C=O) groups excluding carboxylic acids is 1. The first-order valence-electron chi connectivity index (χ1n) is 10.4. The van der Waals surface area contributed by atoms with E-state index < -0.39 is 10.0 Å². The van der Waals surface area contributed by atoms with Crippen molar-refractivity contribution < 1.29 is 22.7 Å². The fourth-order valence-corrected chi connectivity index (χ4v) is 5.36. The van der Waals surface area contributed by atoms with Gasteiger partial charge in [-0.1, -0.05) is 31.0 Å². The van der Waals surface area contributed by atoms with Crippen LogP contribution in [0.2, 0.25) is 5.02 Å². The molecule has 2 aromatic rings. The summed E-state index contributed by atoms with van der Waals surface area (Å²) in [5.74, 6) is 0.879. The Morgan fingerprint density at radius 3 is 2.48 bits per heavy atom. The van der Waals surface area contributed by atoms with Crippen LogP contribution in [0.3, 0.4) is 0 Å². The predicted octanol–water partition coefficient (Wildman–Crippen LogP) is 5.21. The summed E-state index contributed by atoms with van der Waals surface area (Å²) in [6.45, 7) is 4.69. The maximum absolute atomic E-state index is 12.9. The van der Waals surface area contributed by atoms with Crippen LogP contribution in [0, 0.1) is 0 Å². The number of amidine groups is 1. The summed E-state index contributed by atoms with van der Waals surface area (Å²) in [5.41, 5.74) is 0.732. The van der Waals surface area contributed by atoms with Gasteiger partial charge >= 0.3 is 0 Å². The number of thioether (sulfide) groups is 1. The number of hydrogen-bond donors (Lipinski definition) is 0. The Kier molecular flexibility index (Phi) is 8.45. The van der Waals surface area contributed by atoms with Gasteiger partial charge in [0.05, 0.1) is 23.5 Å². The summed E-state index contributed by atoms with van der Waals surface area (Å²) >= 11 is 6.87. The Bertz CT molecular complexity index is 1180. The van der Waals surface area contributed by atoms with Gasteiger partial charge in [-0.3, -0.25) is 9.69 Å². The van der Waals surface area contributed by atoms with Crippen LogP contribution in [0.15, 0.2) is 56.7 Å². The highest BCUT2D eigenvalue weighted by atomic mass is 35.5. The van der Waals surface area contributed by atoms with Gasteiger partial charge in [0.1, 0.15) is 0 Å². The molecule has 0 radical (unpaired) electrons. The van der Waals surface area contributed by atoms with Crippen LogP contribution in [-0.4, -0.2) is 44.7 Å². The predicted molar refractivity (Wildman–Crippen MR) is 132 cm³/mol. The van der Waals surface area contributed by atoms with Crippen LogP contribution in [0.5, 0.6) is 11.5 Å². The summed E-state index contributed by atoms with van der Waals surface area (Å²) in [4.78, 5) is 14.6. The average molecular weight is 509 g/mol. The summed E-state index contributed by atoms with van der Waals surface area (Å²) in [5, 5.41) is 0.529. The quantitative estimate of drug-likeness (QED) is 0.341. The van der Waals surface area contributed by atoms with E-state index in [1.807, 2.05) is 6.07 Å². The van der Waals surface area contributed by atoms with Crippen molar-refractivity contribution in [3.8, 4) is 11.5 Å². The minimum atomic E-state index is -4.00. The van der Waals surface area contributed by atoms with E-state index in [1.54, 1.807) is 32.2 Å². The number of benzene rings is 2. The molecule has 1 amide bonds. The highest BCUT2D eigenvalue weighted by Crippen LogP contribution is 2.35. The molecule has 0 N–H and O–H groups in total. The lowest BCUT2D eigenvalue weighted by atomic mass is 10.2. The van der Waals surface area contributed by atoms with Crippen LogP contribution in [0.25, 0.3) is 6.08 Å². The Morgan fingerprint density at radius 1 is 1.12 bits per heavy atom. The zero-order valence-electron chi connectivity index (χ0n) is 18.6. The van der Waals surface area contributed by atoms with Crippen molar-refractivity contribution in [2.45, 2.75) is 31.6 Å². The Hall–Kier alpha value is -2.49. The Labute approximate surface area is 203 Å². The van der Waals surface area contributed by atoms with Crippen molar-refractivity contribution in [3.05, 3.63) is 58.0 Å². The minimum Gasteiger partial charge on any atom is -0.493 e. The van der Waals surface area contributed by atoms with Crippen molar-refractivity contribution in [2.24, 2.45) is 4.40 Å².